The Morgan fingerprint density at radius 1 is 0.582 bits per heavy atom. The van der Waals surface area contributed by atoms with Crippen LogP contribution in [0.2, 0.25) is 0 Å². The number of nitrogens with two attached hydrogens (primary N) is 1. The predicted molar refractivity (Wildman–Crippen MR) is 239 cm³/mol. The Balaban J connectivity index is 1.48. The Morgan fingerprint density at radius 2 is 1.27 bits per heavy atom. The molecule has 274 valence electrons. The van der Waals surface area contributed by atoms with E-state index >= 15 is 0 Å². The van der Waals surface area contributed by atoms with E-state index in [2.05, 4.69) is 185 Å². The summed E-state index contributed by atoms with van der Waals surface area (Å²) in [5.74, 6) is 0. The molecule has 0 saturated heterocycles. The van der Waals surface area contributed by atoms with Crippen LogP contribution in [0.4, 0.5) is 22.7 Å². The molecule has 0 atom stereocenters. The summed E-state index contributed by atoms with van der Waals surface area (Å²) < 4.78 is 0. The molecule has 7 aromatic carbocycles. The van der Waals surface area contributed by atoms with Crippen molar-refractivity contribution in [2.75, 3.05) is 10.6 Å². The molecule has 55 heavy (non-hydrogen) atoms. The Bertz CT molecular complexity index is 2530. The molecule has 3 heteroatoms. The molecule has 7 aromatic rings. The van der Waals surface area contributed by atoms with Crippen molar-refractivity contribution in [1.29, 1.82) is 0 Å². The molecule has 0 radical (unpaired) electrons. The number of fused-ring (bicyclic) bond motifs is 6. The van der Waals surface area contributed by atoms with Gasteiger partial charge in [0.05, 0.1) is 17.1 Å². The number of unbranched alkanes of at least 4 members (excludes halogenated alkanes) is 1. The number of benzene rings is 7. The summed E-state index contributed by atoms with van der Waals surface area (Å²) in [7, 11) is 0. The first-order chi connectivity index (χ1) is 26.7. The van der Waals surface area contributed by atoms with Gasteiger partial charge in [0.1, 0.15) is 0 Å². The summed E-state index contributed by atoms with van der Waals surface area (Å²) in [5, 5.41) is 0. The number of para-hydroxylation sites is 1. The second kappa shape index (κ2) is 15.0. The highest BCUT2D eigenvalue weighted by Crippen LogP contribution is 2.55. The van der Waals surface area contributed by atoms with E-state index in [0.717, 1.165) is 75.6 Å². The summed E-state index contributed by atoms with van der Waals surface area (Å²) in [5.41, 5.74) is 26.6. The van der Waals surface area contributed by atoms with Crippen LogP contribution in [0.1, 0.15) is 68.4 Å². The Hall–Kier alpha value is -5.51. The highest BCUT2D eigenvalue weighted by atomic mass is 32.1. The first kappa shape index (κ1) is 36.5. The number of thiol groups is 1. The smallest absolute Gasteiger partial charge is 0.0595 e. The molecular formula is C52H50N2S. The van der Waals surface area contributed by atoms with Crippen molar-refractivity contribution in [2.24, 2.45) is 0 Å². The van der Waals surface area contributed by atoms with E-state index in [1.807, 2.05) is 0 Å². The largest absolute Gasteiger partial charge is 0.398 e. The summed E-state index contributed by atoms with van der Waals surface area (Å²) in [6.45, 7) is 11.3. The van der Waals surface area contributed by atoms with Gasteiger partial charge in [0.2, 0.25) is 0 Å². The van der Waals surface area contributed by atoms with E-state index in [1.165, 1.54) is 50.1 Å². The Labute approximate surface area is 333 Å². The van der Waals surface area contributed by atoms with Crippen molar-refractivity contribution in [3.8, 4) is 44.5 Å². The van der Waals surface area contributed by atoms with Crippen LogP contribution in [0.15, 0.2) is 150 Å². The standard InChI is InChI=1S/C52H50N2S/c1-6-8-17-35-26-28-46(42(32-35)37-19-10-9-11-20-37)54(47-29-27-38(33-49(47)55)39-21-13-12-18-36(39)7-2)48-31-34(3)30-43-40-23-16-25-45(51(40)53)52(4,5)44-24-15-14-22-41(44)50(43)48/h9-16,18-33,55H,6-8,17,53H2,1-5H3. The highest BCUT2D eigenvalue weighted by molar-refractivity contribution is 7.80. The van der Waals surface area contributed by atoms with Gasteiger partial charge in [0.15, 0.2) is 0 Å². The lowest BCUT2D eigenvalue weighted by Gasteiger charge is -2.37. The number of nitrogen functional groups attached to an aromatic ring is 1. The minimum atomic E-state index is -0.333. The lowest BCUT2D eigenvalue weighted by molar-refractivity contribution is 0.645. The average molecular weight is 735 g/mol. The zero-order valence-corrected chi connectivity index (χ0v) is 33.6. The molecule has 0 amide bonds. The fourth-order valence-electron chi connectivity index (χ4n) is 8.72. The third-order valence-corrected chi connectivity index (χ3v) is 11.9. The monoisotopic (exact) mass is 734 g/mol. The molecule has 0 aromatic heterocycles. The fourth-order valence-corrected chi connectivity index (χ4v) is 9.03. The van der Waals surface area contributed by atoms with E-state index in [1.54, 1.807) is 0 Å². The van der Waals surface area contributed by atoms with Gasteiger partial charge in [-0.1, -0.05) is 149 Å². The minimum Gasteiger partial charge on any atom is -0.398 e. The maximum absolute atomic E-state index is 7.21. The molecule has 0 heterocycles. The van der Waals surface area contributed by atoms with Crippen LogP contribution in [-0.2, 0) is 18.3 Å². The molecule has 1 aliphatic rings. The molecule has 2 N–H and O–H groups in total. The second-order valence-corrected chi connectivity index (χ2v) is 16.0. The normalized spacial score (nSPS) is 12.7. The minimum absolute atomic E-state index is 0.333. The number of aryl methyl sites for hydroxylation is 3. The fraction of sp³-hybridized carbons (Fsp3) is 0.192. The van der Waals surface area contributed by atoms with Crippen molar-refractivity contribution in [2.45, 2.75) is 70.6 Å². The topological polar surface area (TPSA) is 29.3 Å². The van der Waals surface area contributed by atoms with Gasteiger partial charge in [0, 0.05) is 32.7 Å². The molecular weight excluding hydrogens is 685 g/mol. The third-order valence-electron chi connectivity index (χ3n) is 11.6. The van der Waals surface area contributed by atoms with Gasteiger partial charge in [-0.2, -0.15) is 0 Å². The van der Waals surface area contributed by atoms with Crippen LogP contribution in [0, 0.1) is 6.92 Å². The van der Waals surface area contributed by atoms with Crippen LogP contribution >= 0.6 is 12.6 Å². The van der Waals surface area contributed by atoms with Crippen LogP contribution in [0.25, 0.3) is 44.5 Å². The van der Waals surface area contributed by atoms with Gasteiger partial charge in [-0.05, 0) is 112 Å². The summed E-state index contributed by atoms with van der Waals surface area (Å²) in [6.07, 6.45) is 4.31. The van der Waals surface area contributed by atoms with Gasteiger partial charge in [-0.25, -0.2) is 0 Å². The number of rotatable bonds is 9. The second-order valence-electron chi connectivity index (χ2n) is 15.5. The van der Waals surface area contributed by atoms with Crippen molar-refractivity contribution in [1.82, 2.24) is 0 Å². The summed E-state index contributed by atoms with van der Waals surface area (Å²) in [6, 6.07) is 53.6. The van der Waals surface area contributed by atoms with Gasteiger partial charge in [-0.3, -0.25) is 0 Å². The number of anilines is 4. The number of nitrogens with zero attached hydrogens (tertiary/aromatic N) is 1. The molecule has 2 nitrogen and oxygen atoms in total. The summed E-state index contributed by atoms with van der Waals surface area (Å²) >= 11 is 5.36. The molecule has 0 spiro atoms. The van der Waals surface area contributed by atoms with E-state index in [-0.39, 0.29) is 5.41 Å². The zero-order chi connectivity index (χ0) is 38.3. The van der Waals surface area contributed by atoms with Gasteiger partial charge >= 0.3 is 0 Å². The van der Waals surface area contributed by atoms with Gasteiger partial charge < -0.3 is 10.6 Å². The predicted octanol–water partition coefficient (Wildman–Crippen LogP) is 14.5. The van der Waals surface area contributed by atoms with Crippen LogP contribution in [0.3, 0.4) is 0 Å². The van der Waals surface area contributed by atoms with E-state index < -0.39 is 0 Å². The van der Waals surface area contributed by atoms with Crippen molar-refractivity contribution in [3.05, 3.63) is 173 Å². The molecule has 0 unspecified atom stereocenters. The molecule has 1 aliphatic carbocycles. The van der Waals surface area contributed by atoms with Crippen molar-refractivity contribution in [3.63, 3.8) is 0 Å². The van der Waals surface area contributed by atoms with Crippen LogP contribution in [0.5, 0.6) is 0 Å². The van der Waals surface area contributed by atoms with E-state index in [0.29, 0.717) is 0 Å². The molecule has 0 aliphatic heterocycles. The quantitative estimate of drug-likeness (QED) is 0.114. The van der Waals surface area contributed by atoms with E-state index in [4.69, 9.17) is 18.4 Å². The lowest BCUT2D eigenvalue weighted by Crippen LogP contribution is -2.24. The Morgan fingerprint density at radius 3 is 2.04 bits per heavy atom. The third kappa shape index (κ3) is 6.55. The molecule has 2 bridgehead atoms. The maximum atomic E-state index is 7.21. The first-order valence-corrected chi connectivity index (χ1v) is 20.2. The lowest BCUT2D eigenvalue weighted by atomic mass is 9.70. The van der Waals surface area contributed by atoms with Gasteiger partial charge in [0.25, 0.3) is 0 Å². The zero-order valence-electron chi connectivity index (χ0n) is 32.7. The van der Waals surface area contributed by atoms with Crippen molar-refractivity contribution >= 4 is 35.4 Å². The SMILES string of the molecule is CCCCc1ccc(N(c2ccc(-c3ccccc3CC)cc2S)c2cc(C)cc3c2-c2ccccc2C(C)(C)c2cccc-3c2N)c(-c2ccccc2)c1. The van der Waals surface area contributed by atoms with Crippen molar-refractivity contribution < 1.29 is 0 Å². The number of hydrogen-bond acceptors (Lipinski definition) is 3. The number of hydrogen-bond donors (Lipinski definition) is 2. The highest BCUT2D eigenvalue weighted by Gasteiger charge is 2.34. The molecule has 0 saturated carbocycles. The average Bonchev–Trinajstić information content (AvgIpc) is 3.21. The molecule has 0 fully saturated rings. The molecule has 8 rings (SSSR count). The maximum Gasteiger partial charge on any atom is 0.0595 e. The van der Waals surface area contributed by atoms with E-state index in [9.17, 15) is 0 Å². The Kier molecular flexibility index (Phi) is 9.92. The first-order valence-electron chi connectivity index (χ1n) is 19.7. The van der Waals surface area contributed by atoms with Crippen LogP contribution in [-0.4, -0.2) is 0 Å². The van der Waals surface area contributed by atoms with Gasteiger partial charge in [-0.15, -0.1) is 12.6 Å². The van der Waals surface area contributed by atoms with Crippen LogP contribution < -0.4 is 10.6 Å². The summed E-state index contributed by atoms with van der Waals surface area (Å²) in [4.78, 5) is 3.38.